The van der Waals surface area contributed by atoms with E-state index in [0.29, 0.717) is 37.6 Å². The van der Waals surface area contributed by atoms with Crippen molar-refractivity contribution in [3.8, 4) is 0 Å². The summed E-state index contributed by atoms with van der Waals surface area (Å²) in [5.74, 6) is 0. The molecule has 1 N–H and O–H groups in total. The van der Waals surface area contributed by atoms with E-state index in [9.17, 15) is 13.5 Å². The number of halogens is 1. The van der Waals surface area contributed by atoms with Crippen LogP contribution in [-0.4, -0.2) is 61.1 Å². The Balaban J connectivity index is 2.06. The molecule has 0 atom stereocenters. The Morgan fingerprint density at radius 2 is 1.90 bits per heavy atom. The Bertz CT molecular complexity index is 599. The molecule has 0 radical (unpaired) electrons. The average Bonchev–Trinajstić information content (AvgIpc) is 2.68. The van der Waals surface area contributed by atoms with Crippen LogP contribution in [0, 0.1) is 6.92 Å². The van der Waals surface area contributed by atoms with Gasteiger partial charge in [0.25, 0.3) is 0 Å². The Hall–Kier alpha value is 0.01000. The molecular weight excluding hydrogens is 376 g/mol. The molecule has 2 heterocycles. The molecule has 0 unspecified atom stereocenters. The van der Waals surface area contributed by atoms with Crippen LogP contribution in [0.25, 0.3) is 0 Å². The van der Waals surface area contributed by atoms with Crippen molar-refractivity contribution < 1.29 is 13.5 Å². The summed E-state index contributed by atoms with van der Waals surface area (Å²) in [6, 6.07) is 1.68. The highest BCUT2D eigenvalue weighted by Gasteiger charge is 2.31. The van der Waals surface area contributed by atoms with Gasteiger partial charge in [0.05, 0.1) is 14.3 Å². The fraction of sp³-hybridized carbons (Fsp3) is 0.692. The molecule has 0 amide bonds. The molecule has 0 aromatic carbocycles. The van der Waals surface area contributed by atoms with Crippen LogP contribution >= 0.6 is 27.3 Å². The van der Waals surface area contributed by atoms with E-state index in [0.717, 1.165) is 8.66 Å². The Labute approximate surface area is 138 Å². The molecule has 1 aliphatic heterocycles. The van der Waals surface area contributed by atoms with E-state index in [2.05, 4.69) is 20.8 Å². The maximum Gasteiger partial charge on any atom is 0.244 e. The Morgan fingerprint density at radius 1 is 1.33 bits per heavy atom. The first-order chi connectivity index (χ1) is 9.59. The van der Waals surface area contributed by atoms with Crippen LogP contribution in [0.5, 0.6) is 0 Å². The van der Waals surface area contributed by atoms with Gasteiger partial charge in [0.15, 0.2) is 0 Å². The third kappa shape index (κ3) is 4.27. The van der Waals surface area contributed by atoms with Gasteiger partial charge in [-0.2, -0.15) is 4.31 Å². The van der Waals surface area contributed by atoms with Gasteiger partial charge >= 0.3 is 0 Å². The normalized spacial score (nSPS) is 19.1. The number of β-amino-alcohol motifs (C(OH)–C–C–N with tert-alkyl or cyclic N) is 1. The Morgan fingerprint density at radius 3 is 2.33 bits per heavy atom. The third-order valence-electron chi connectivity index (χ3n) is 3.40. The zero-order valence-electron chi connectivity index (χ0n) is 12.5. The van der Waals surface area contributed by atoms with Crippen molar-refractivity contribution >= 4 is 37.3 Å². The number of aliphatic hydroxyl groups is 1. The summed E-state index contributed by atoms with van der Waals surface area (Å²) in [6.07, 6.45) is 0. The molecule has 1 saturated heterocycles. The molecule has 5 nitrogen and oxygen atoms in total. The highest BCUT2D eigenvalue weighted by Crippen LogP contribution is 2.31. The second-order valence-corrected chi connectivity index (χ2v) is 10.5. The minimum Gasteiger partial charge on any atom is -0.389 e. The van der Waals surface area contributed by atoms with Crippen molar-refractivity contribution in [3.05, 3.63) is 14.7 Å². The molecule has 0 bridgehead atoms. The lowest BCUT2D eigenvalue weighted by molar-refractivity contribution is 0.0263. The number of thiophene rings is 1. The fourth-order valence-electron chi connectivity index (χ4n) is 2.50. The van der Waals surface area contributed by atoms with Crippen LogP contribution in [0.1, 0.15) is 18.7 Å². The van der Waals surface area contributed by atoms with Crippen LogP contribution in [0.15, 0.2) is 14.7 Å². The van der Waals surface area contributed by atoms with E-state index in [4.69, 9.17) is 0 Å². The SMILES string of the molecule is Cc1sc(Br)cc1S(=O)(=O)N1CCN(CC(C)(C)O)CC1. The van der Waals surface area contributed by atoms with E-state index in [1.54, 1.807) is 19.9 Å². The number of nitrogens with zero attached hydrogens (tertiary/aromatic N) is 2. The summed E-state index contributed by atoms with van der Waals surface area (Å²) in [4.78, 5) is 3.30. The standard InChI is InChI=1S/C13H21BrN2O3S2/c1-10-11(8-12(14)20-10)21(18,19)16-6-4-15(5-7-16)9-13(2,3)17/h8,17H,4-7,9H2,1-3H3. The zero-order valence-corrected chi connectivity index (χ0v) is 15.7. The first kappa shape index (κ1) is 17.4. The van der Waals surface area contributed by atoms with E-state index >= 15 is 0 Å². The van der Waals surface area contributed by atoms with E-state index < -0.39 is 15.6 Å². The molecule has 1 fully saturated rings. The summed E-state index contributed by atoms with van der Waals surface area (Å²) in [7, 11) is -3.41. The molecule has 1 aromatic heterocycles. The molecule has 0 spiro atoms. The summed E-state index contributed by atoms with van der Waals surface area (Å²) in [5.41, 5.74) is -0.754. The predicted molar refractivity (Wildman–Crippen MR) is 88.3 cm³/mol. The highest BCUT2D eigenvalue weighted by atomic mass is 79.9. The van der Waals surface area contributed by atoms with Gasteiger partial charge in [0, 0.05) is 37.6 Å². The van der Waals surface area contributed by atoms with Crippen LogP contribution in [-0.2, 0) is 10.0 Å². The van der Waals surface area contributed by atoms with Gasteiger partial charge < -0.3 is 5.11 Å². The number of sulfonamides is 1. The van der Waals surface area contributed by atoms with E-state index in [1.807, 2.05) is 6.92 Å². The van der Waals surface area contributed by atoms with Crippen molar-refractivity contribution in [1.82, 2.24) is 9.21 Å². The fourth-order valence-corrected chi connectivity index (χ4v) is 6.31. The summed E-state index contributed by atoms with van der Waals surface area (Å²) in [6.45, 7) is 8.14. The average molecular weight is 397 g/mol. The maximum atomic E-state index is 12.7. The lowest BCUT2D eigenvalue weighted by Crippen LogP contribution is -2.51. The molecule has 8 heteroatoms. The van der Waals surface area contributed by atoms with Crippen molar-refractivity contribution in [2.75, 3.05) is 32.7 Å². The van der Waals surface area contributed by atoms with Crippen LogP contribution < -0.4 is 0 Å². The number of hydrogen-bond donors (Lipinski definition) is 1. The lowest BCUT2D eigenvalue weighted by atomic mass is 10.1. The van der Waals surface area contributed by atoms with Crippen molar-refractivity contribution in [2.24, 2.45) is 0 Å². The second kappa shape index (κ2) is 6.25. The third-order valence-corrected chi connectivity index (χ3v) is 7.11. The Kier molecular flexibility index (Phi) is 5.17. The quantitative estimate of drug-likeness (QED) is 0.843. The van der Waals surface area contributed by atoms with Gasteiger partial charge in [-0.05, 0) is 42.8 Å². The summed E-state index contributed by atoms with van der Waals surface area (Å²) >= 11 is 4.78. The molecule has 1 aromatic rings. The molecular formula is C13H21BrN2O3S2. The highest BCUT2D eigenvalue weighted by molar-refractivity contribution is 9.11. The molecule has 0 aliphatic carbocycles. The molecule has 2 rings (SSSR count). The van der Waals surface area contributed by atoms with Gasteiger partial charge in [-0.15, -0.1) is 11.3 Å². The van der Waals surface area contributed by atoms with Crippen molar-refractivity contribution in [2.45, 2.75) is 31.3 Å². The number of hydrogen-bond acceptors (Lipinski definition) is 5. The molecule has 0 saturated carbocycles. The van der Waals surface area contributed by atoms with Crippen molar-refractivity contribution in [3.63, 3.8) is 0 Å². The monoisotopic (exact) mass is 396 g/mol. The number of piperazine rings is 1. The largest absolute Gasteiger partial charge is 0.389 e. The molecule has 120 valence electrons. The number of rotatable bonds is 4. The molecule has 21 heavy (non-hydrogen) atoms. The zero-order chi connectivity index (χ0) is 15.8. The van der Waals surface area contributed by atoms with Gasteiger partial charge in [-0.1, -0.05) is 0 Å². The first-order valence-electron chi connectivity index (χ1n) is 6.80. The summed E-state index contributed by atoms with van der Waals surface area (Å²) < 4.78 is 27.7. The van der Waals surface area contributed by atoms with Crippen LogP contribution in [0.3, 0.4) is 0 Å². The van der Waals surface area contributed by atoms with Gasteiger partial charge in [-0.3, -0.25) is 4.90 Å². The van der Waals surface area contributed by atoms with Gasteiger partial charge in [0.1, 0.15) is 0 Å². The van der Waals surface area contributed by atoms with Crippen LogP contribution in [0.4, 0.5) is 0 Å². The maximum absolute atomic E-state index is 12.7. The van der Waals surface area contributed by atoms with E-state index in [-0.39, 0.29) is 0 Å². The second-order valence-electron chi connectivity index (χ2n) is 5.96. The first-order valence-corrected chi connectivity index (χ1v) is 9.85. The van der Waals surface area contributed by atoms with Gasteiger partial charge in [0.2, 0.25) is 10.0 Å². The molecule has 1 aliphatic rings. The minimum absolute atomic E-state index is 0.398. The van der Waals surface area contributed by atoms with Gasteiger partial charge in [-0.25, -0.2) is 8.42 Å². The predicted octanol–water partition coefficient (Wildman–Crippen LogP) is 1.90. The summed E-state index contributed by atoms with van der Waals surface area (Å²) in [5, 5.41) is 9.84. The number of aryl methyl sites for hydroxylation is 1. The smallest absolute Gasteiger partial charge is 0.244 e. The van der Waals surface area contributed by atoms with Crippen LogP contribution in [0.2, 0.25) is 0 Å². The topological polar surface area (TPSA) is 60.9 Å². The van der Waals surface area contributed by atoms with E-state index in [1.165, 1.54) is 15.6 Å². The minimum atomic E-state index is -3.41. The van der Waals surface area contributed by atoms with Crippen molar-refractivity contribution in [1.29, 1.82) is 0 Å². The lowest BCUT2D eigenvalue weighted by Gasteiger charge is -2.36.